The van der Waals surface area contributed by atoms with Crippen LogP contribution in [-0.2, 0) is 5.41 Å². The molecule has 0 radical (unpaired) electrons. The van der Waals surface area contributed by atoms with E-state index in [9.17, 15) is 10.2 Å². The standard InChI is InChI=1S/C21H27N3O2/c1-4-18-10-7-12-24-13-11-19(21(18,24)22-2)15-8-5-6-9-16(15)23(3)17(19)20(25,26)14-18/h5-10,17,25-26H,2,4,11-14H2,1,3H3/t17?,18-,19-,21-/m0/s1. The molecule has 1 spiro atoms. The van der Waals surface area contributed by atoms with E-state index in [1.807, 2.05) is 13.1 Å². The summed E-state index contributed by atoms with van der Waals surface area (Å²) in [6.07, 6.45) is 6.29. The number of anilines is 1. The minimum atomic E-state index is -1.80. The van der Waals surface area contributed by atoms with Crippen molar-refractivity contribution in [2.24, 2.45) is 10.4 Å². The Morgan fingerprint density at radius 1 is 1.31 bits per heavy atom. The van der Waals surface area contributed by atoms with Gasteiger partial charge in [0.1, 0.15) is 5.66 Å². The number of rotatable bonds is 2. The van der Waals surface area contributed by atoms with Crippen LogP contribution in [0.2, 0.25) is 0 Å². The first-order chi connectivity index (χ1) is 12.4. The zero-order valence-electron chi connectivity index (χ0n) is 15.5. The van der Waals surface area contributed by atoms with Gasteiger partial charge in [0.2, 0.25) is 0 Å². The molecule has 0 aromatic heterocycles. The van der Waals surface area contributed by atoms with Gasteiger partial charge in [-0.1, -0.05) is 37.3 Å². The zero-order chi connectivity index (χ0) is 18.4. The van der Waals surface area contributed by atoms with E-state index < -0.39 is 28.3 Å². The van der Waals surface area contributed by atoms with Crippen LogP contribution in [0, 0.1) is 5.41 Å². The summed E-state index contributed by atoms with van der Waals surface area (Å²) in [5.41, 5.74) is 0.785. The molecule has 1 aliphatic carbocycles. The van der Waals surface area contributed by atoms with Crippen molar-refractivity contribution in [2.45, 2.75) is 49.1 Å². The number of fused-ring (bicyclic) bond motifs is 1. The first kappa shape index (κ1) is 16.5. The van der Waals surface area contributed by atoms with E-state index in [2.05, 4.69) is 53.8 Å². The Morgan fingerprint density at radius 2 is 2.08 bits per heavy atom. The maximum atomic E-state index is 11.3. The molecule has 0 amide bonds. The molecule has 5 nitrogen and oxygen atoms in total. The van der Waals surface area contributed by atoms with Gasteiger partial charge in [0.15, 0.2) is 5.79 Å². The molecular formula is C21H27N3O2. The molecular weight excluding hydrogens is 326 g/mol. The largest absolute Gasteiger partial charge is 0.365 e. The zero-order valence-corrected chi connectivity index (χ0v) is 15.5. The van der Waals surface area contributed by atoms with Crippen LogP contribution in [-0.4, -0.2) is 59.5 Å². The average Bonchev–Trinajstić information content (AvgIpc) is 3.11. The SMILES string of the molecule is C=N[C@]12N3CC=C[C@@]1(CC)CC(O)(O)C1N(C)c4ccccc4[C@@]12CC3. The minimum absolute atomic E-state index is 0.271. The maximum Gasteiger partial charge on any atom is 0.185 e. The predicted octanol–water partition coefficient (Wildman–Crippen LogP) is 1.90. The summed E-state index contributed by atoms with van der Waals surface area (Å²) in [4.78, 5) is 9.38. The van der Waals surface area contributed by atoms with Crippen molar-refractivity contribution in [2.75, 3.05) is 25.0 Å². The molecule has 3 aliphatic heterocycles. The number of aliphatic hydroxyl groups is 2. The molecule has 26 heavy (non-hydrogen) atoms. The van der Waals surface area contributed by atoms with E-state index in [0.29, 0.717) is 0 Å². The van der Waals surface area contributed by atoms with Crippen molar-refractivity contribution < 1.29 is 10.2 Å². The Morgan fingerprint density at radius 3 is 2.81 bits per heavy atom. The van der Waals surface area contributed by atoms with E-state index in [-0.39, 0.29) is 6.42 Å². The second-order valence-electron chi connectivity index (χ2n) is 8.50. The highest BCUT2D eigenvalue weighted by Crippen LogP contribution is 2.71. The van der Waals surface area contributed by atoms with E-state index in [4.69, 9.17) is 4.99 Å². The van der Waals surface area contributed by atoms with Gasteiger partial charge in [-0.15, -0.1) is 0 Å². The van der Waals surface area contributed by atoms with Crippen LogP contribution in [0.1, 0.15) is 31.7 Å². The molecule has 3 heterocycles. The smallest absolute Gasteiger partial charge is 0.185 e. The summed E-state index contributed by atoms with van der Waals surface area (Å²) < 4.78 is 0. The Bertz CT molecular complexity index is 821. The fraction of sp³-hybridized carbons (Fsp3) is 0.571. The van der Waals surface area contributed by atoms with Crippen LogP contribution in [0.4, 0.5) is 5.69 Å². The first-order valence-corrected chi connectivity index (χ1v) is 9.58. The maximum absolute atomic E-state index is 11.3. The lowest BCUT2D eigenvalue weighted by atomic mass is 9.48. The number of aliphatic imine (C=N–C) groups is 1. The number of benzene rings is 1. The number of likely N-dealkylation sites (N-methyl/N-ethyl adjacent to an activating group) is 1. The van der Waals surface area contributed by atoms with E-state index >= 15 is 0 Å². The third kappa shape index (κ3) is 1.43. The van der Waals surface area contributed by atoms with Crippen LogP contribution in [0.25, 0.3) is 0 Å². The summed E-state index contributed by atoms with van der Waals surface area (Å²) in [7, 11) is 1.98. The van der Waals surface area contributed by atoms with Gasteiger partial charge >= 0.3 is 0 Å². The Balaban J connectivity index is 1.92. The van der Waals surface area contributed by atoms with Crippen molar-refractivity contribution in [3.63, 3.8) is 0 Å². The van der Waals surface area contributed by atoms with Gasteiger partial charge in [-0.25, -0.2) is 0 Å². The molecule has 2 N–H and O–H groups in total. The van der Waals surface area contributed by atoms with Crippen LogP contribution >= 0.6 is 0 Å². The Labute approximate surface area is 154 Å². The molecule has 138 valence electrons. The first-order valence-electron chi connectivity index (χ1n) is 9.58. The van der Waals surface area contributed by atoms with Crippen molar-refractivity contribution in [3.8, 4) is 0 Å². The summed E-state index contributed by atoms with van der Waals surface area (Å²) in [6, 6.07) is 7.88. The van der Waals surface area contributed by atoms with Gasteiger partial charge in [0.25, 0.3) is 0 Å². The number of hydrogen-bond acceptors (Lipinski definition) is 5. The normalized spacial score (nSPS) is 42.3. The topological polar surface area (TPSA) is 59.3 Å². The molecule has 1 aromatic rings. The summed E-state index contributed by atoms with van der Waals surface area (Å²) in [5, 5.41) is 22.7. The van der Waals surface area contributed by atoms with Crippen molar-refractivity contribution in [3.05, 3.63) is 42.0 Å². The molecule has 4 atom stereocenters. The summed E-state index contributed by atoms with van der Waals surface area (Å²) in [5.74, 6) is -1.80. The average molecular weight is 353 g/mol. The van der Waals surface area contributed by atoms with Gasteiger partial charge in [-0.05, 0) is 31.2 Å². The second-order valence-corrected chi connectivity index (χ2v) is 8.50. The molecule has 5 heteroatoms. The quantitative estimate of drug-likeness (QED) is 0.484. The predicted molar refractivity (Wildman–Crippen MR) is 102 cm³/mol. The van der Waals surface area contributed by atoms with Crippen LogP contribution in [0.3, 0.4) is 0 Å². The molecule has 1 unspecified atom stereocenters. The molecule has 1 saturated heterocycles. The highest BCUT2D eigenvalue weighted by molar-refractivity contribution is 5.69. The monoisotopic (exact) mass is 353 g/mol. The molecule has 1 aromatic carbocycles. The fourth-order valence-electron chi connectivity index (χ4n) is 7.19. The molecule has 0 bridgehead atoms. The van der Waals surface area contributed by atoms with E-state index in [0.717, 1.165) is 31.6 Å². The van der Waals surface area contributed by atoms with Gasteiger partial charge < -0.3 is 15.1 Å². The lowest BCUT2D eigenvalue weighted by molar-refractivity contribution is -0.255. The number of hydrogen-bond donors (Lipinski definition) is 2. The number of nitrogens with zero attached hydrogens (tertiary/aromatic N) is 3. The Hall–Kier alpha value is -1.69. The highest BCUT2D eigenvalue weighted by atomic mass is 16.5. The molecule has 1 saturated carbocycles. The van der Waals surface area contributed by atoms with Crippen molar-refractivity contribution >= 4 is 12.4 Å². The highest BCUT2D eigenvalue weighted by Gasteiger charge is 2.80. The Kier molecular flexibility index (Phi) is 3.02. The van der Waals surface area contributed by atoms with Crippen molar-refractivity contribution in [1.29, 1.82) is 0 Å². The fourth-order valence-corrected chi connectivity index (χ4v) is 7.19. The van der Waals surface area contributed by atoms with Gasteiger partial charge in [-0.2, -0.15) is 0 Å². The summed E-state index contributed by atoms with van der Waals surface area (Å²) >= 11 is 0. The van der Waals surface area contributed by atoms with Gasteiger partial charge in [-0.3, -0.25) is 9.89 Å². The van der Waals surface area contributed by atoms with Crippen molar-refractivity contribution in [1.82, 2.24) is 4.90 Å². The lowest BCUT2D eigenvalue weighted by Gasteiger charge is -2.65. The molecule has 5 rings (SSSR count). The third-order valence-electron chi connectivity index (χ3n) is 7.80. The van der Waals surface area contributed by atoms with Gasteiger partial charge in [0.05, 0.1) is 11.5 Å². The van der Waals surface area contributed by atoms with Crippen LogP contribution in [0.15, 0.2) is 41.4 Å². The summed E-state index contributed by atoms with van der Waals surface area (Å²) in [6.45, 7) is 7.95. The minimum Gasteiger partial charge on any atom is -0.365 e. The second kappa shape index (κ2) is 4.77. The van der Waals surface area contributed by atoms with E-state index in [1.165, 1.54) is 5.56 Å². The van der Waals surface area contributed by atoms with Crippen LogP contribution in [0.5, 0.6) is 0 Å². The molecule has 4 aliphatic rings. The van der Waals surface area contributed by atoms with Gasteiger partial charge in [0, 0.05) is 37.7 Å². The molecule has 2 fully saturated rings. The number of para-hydroxylation sites is 1. The lowest BCUT2D eigenvalue weighted by Crippen LogP contribution is -2.78. The third-order valence-corrected chi connectivity index (χ3v) is 7.80. The van der Waals surface area contributed by atoms with E-state index in [1.54, 1.807) is 0 Å². The van der Waals surface area contributed by atoms with Crippen LogP contribution < -0.4 is 4.90 Å².